The van der Waals surface area contributed by atoms with Gasteiger partial charge in [0.1, 0.15) is 12.7 Å². The fourth-order valence-corrected chi connectivity index (χ4v) is 3.47. The molecule has 0 saturated carbocycles. The number of nitrogens with one attached hydrogen (secondary N) is 2. The summed E-state index contributed by atoms with van der Waals surface area (Å²) in [6.07, 6.45) is 1.96. The number of hydrazine groups is 2. The highest BCUT2D eigenvalue weighted by Crippen LogP contribution is 2.27. The Balaban J connectivity index is 1.99. The second-order valence-electron chi connectivity index (χ2n) is 7.39. The van der Waals surface area contributed by atoms with Gasteiger partial charge in [0.2, 0.25) is 0 Å². The highest BCUT2D eigenvalue weighted by Gasteiger charge is 2.41. The number of hydrogen-bond acceptors (Lipinski definition) is 11. The largest absolute Gasteiger partial charge is 0.692 e. The maximum atomic E-state index is 12.6. The van der Waals surface area contributed by atoms with Crippen molar-refractivity contribution in [3.63, 3.8) is 0 Å². The summed E-state index contributed by atoms with van der Waals surface area (Å²) in [5.41, 5.74) is 6.74. The average Bonchev–Trinajstić information content (AvgIpc) is 3.25. The van der Waals surface area contributed by atoms with Crippen LogP contribution in [0.25, 0.3) is 0 Å². The van der Waals surface area contributed by atoms with E-state index in [1.165, 1.54) is 0 Å². The van der Waals surface area contributed by atoms with E-state index in [1.54, 1.807) is 0 Å². The number of hydrogen-bond donors (Lipinski definition) is 2. The van der Waals surface area contributed by atoms with Crippen molar-refractivity contribution in [1.82, 2.24) is 20.9 Å². The number of Topliss-reactive ketones (excluding diaryl/α,β-unsaturated/α-hetero) is 1. The number of ketones is 1. The molecule has 2 aliphatic heterocycles. The zero-order valence-corrected chi connectivity index (χ0v) is 16.0. The Kier molecular flexibility index (Phi) is 8.38. The zero-order chi connectivity index (χ0) is 20.0. The Morgan fingerprint density at radius 2 is 2.04 bits per heavy atom. The van der Waals surface area contributed by atoms with Crippen molar-refractivity contribution < 1.29 is 35.2 Å². The highest BCUT2D eigenvalue weighted by molar-refractivity contribution is 5.86. The molecule has 0 amide bonds. The van der Waals surface area contributed by atoms with Gasteiger partial charge in [-0.1, -0.05) is 13.8 Å². The Bertz CT molecular complexity index is 517. The summed E-state index contributed by atoms with van der Waals surface area (Å²) in [6, 6.07) is 0.251. The van der Waals surface area contributed by atoms with Crippen LogP contribution in [-0.2, 0) is 24.6 Å². The molecular weight excluding hydrogens is 360 g/mol. The first kappa shape index (κ1) is 22.0. The smallest absolute Gasteiger partial charge is 0.152 e. The maximum Gasteiger partial charge on any atom is 0.152 e. The van der Waals surface area contributed by atoms with Crippen LogP contribution < -0.4 is 21.5 Å². The molecule has 0 aromatic rings. The molecule has 27 heavy (non-hydrogen) atoms. The minimum Gasteiger partial charge on any atom is -0.692 e. The summed E-state index contributed by atoms with van der Waals surface area (Å²) in [6.45, 7) is 8.50. The van der Waals surface area contributed by atoms with E-state index in [9.17, 15) is 15.3 Å². The molecule has 2 heterocycles. The van der Waals surface area contributed by atoms with Gasteiger partial charge in [0.05, 0.1) is 12.1 Å². The first-order valence-corrected chi connectivity index (χ1v) is 9.04. The predicted molar refractivity (Wildman–Crippen MR) is 87.7 cm³/mol. The molecule has 3 atom stereocenters. The molecule has 0 aliphatic carbocycles. The third kappa shape index (κ3) is 5.83. The zero-order valence-electron chi connectivity index (χ0n) is 16.0. The topological polar surface area (TPSA) is 131 Å². The first-order chi connectivity index (χ1) is 12.9. The molecule has 0 spiro atoms. The van der Waals surface area contributed by atoms with E-state index in [4.69, 9.17) is 0 Å². The van der Waals surface area contributed by atoms with Gasteiger partial charge in [0, 0.05) is 36.8 Å². The van der Waals surface area contributed by atoms with Gasteiger partial charge in [-0.05, 0) is 20.3 Å². The Morgan fingerprint density at radius 3 is 2.63 bits per heavy atom. The number of likely N-dealkylation sites (tertiary alicyclic amines) is 1. The lowest BCUT2D eigenvalue weighted by atomic mass is 9.98. The second-order valence-corrected chi connectivity index (χ2v) is 7.39. The lowest BCUT2D eigenvalue weighted by Gasteiger charge is -2.28. The van der Waals surface area contributed by atoms with Crippen molar-refractivity contribution in [2.45, 2.75) is 64.8 Å². The standard InChI is InChI=1S/C16H30N4O7/c1-10(2)16(21)15-6-13(8-19(15)11(3)4)20-7-12(17-18-20)5-14(25-27-23)9-24-26-22/h7,10-11,13-15,17-18,22-23H,5-6,8-9H2,1-4H3/p-2/t13?,14?,15-/m0/s1. The number of carbonyl (C=O) groups is 1. The molecular formula is C16H28N4O7-2. The minimum absolute atomic E-state index is 0.0148. The molecule has 2 rings (SSSR count). The second kappa shape index (κ2) is 10.3. The van der Waals surface area contributed by atoms with Gasteiger partial charge in [-0.15, -0.1) is 5.53 Å². The van der Waals surface area contributed by atoms with Gasteiger partial charge in [-0.25, -0.2) is 9.78 Å². The normalized spacial score (nSPS) is 24.6. The van der Waals surface area contributed by atoms with Crippen LogP contribution in [-0.4, -0.2) is 53.1 Å². The summed E-state index contributed by atoms with van der Waals surface area (Å²) < 4.78 is 0. The van der Waals surface area contributed by atoms with E-state index in [0.717, 1.165) is 6.54 Å². The maximum absolute atomic E-state index is 12.6. The van der Waals surface area contributed by atoms with Crippen molar-refractivity contribution in [1.29, 1.82) is 0 Å². The van der Waals surface area contributed by atoms with Crippen LogP contribution in [0.3, 0.4) is 0 Å². The first-order valence-electron chi connectivity index (χ1n) is 9.04. The number of nitrogens with zero attached hydrogens (tertiary/aromatic N) is 2. The molecule has 0 radical (unpaired) electrons. The summed E-state index contributed by atoms with van der Waals surface area (Å²) in [5.74, 6) is 0.234. The van der Waals surface area contributed by atoms with Gasteiger partial charge < -0.3 is 15.9 Å². The van der Waals surface area contributed by atoms with Crippen molar-refractivity contribution >= 4 is 5.78 Å². The molecule has 0 aromatic heterocycles. The van der Waals surface area contributed by atoms with Crippen LogP contribution in [0.4, 0.5) is 0 Å². The lowest BCUT2D eigenvalue weighted by molar-refractivity contribution is -0.816. The van der Waals surface area contributed by atoms with E-state index in [2.05, 4.69) is 49.6 Å². The van der Waals surface area contributed by atoms with Gasteiger partial charge in [0.15, 0.2) is 5.78 Å². The summed E-state index contributed by atoms with van der Waals surface area (Å²) >= 11 is 0. The fraction of sp³-hybridized carbons (Fsp3) is 0.812. The van der Waals surface area contributed by atoms with Crippen LogP contribution in [0.1, 0.15) is 40.5 Å². The highest BCUT2D eigenvalue weighted by atomic mass is 17.5. The summed E-state index contributed by atoms with van der Waals surface area (Å²) in [4.78, 5) is 23.6. The monoisotopic (exact) mass is 388 g/mol. The Labute approximate surface area is 158 Å². The summed E-state index contributed by atoms with van der Waals surface area (Å²) in [7, 11) is 0. The fourth-order valence-electron chi connectivity index (χ4n) is 3.47. The van der Waals surface area contributed by atoms with Gasteiger partial charge >= 0.3 is 0 Å². The van der Waals surface area contributed by atoms with Crippen LogP contribution in [0.15, 0.2) is 11.9 Å². The molecule has 2 unspecified atom stereocenters. The van der Waals surface area contributed by atoms with E-state index in [0.29, 0.717) is 12.1 Å². The quantitative estimate of drug-likeness (QED) is 0.314. The third-order valence-electron chi connectivity index (χ3n) is 4.84. The van der Waals surface area contributed by atoms with Crippen molar-refractivity contribution in [2.75, 3.05) is 13.2 Å². The molecule has 2 aliphatic rings. The van der Waals surface area contributed by atoms with E-state index < -0.39 is 6.10 Å². The van der Waals surface area contributed by atoms with E-state index >= 15 is 0 Å². The third-order valence-corrected chi connectivity index (χ3v) is 4.84. The van der Waals surface area contributed by atoms with Gasteiger partial charge in [-0.3, -0.25) is 24.8 Å². The molecule has 0 aromatic carbocycles. The van der Waals surface area contributed by atoms with E-state index in [1.807, 2.05) is 25.1 Å². The van der Waals surface area contributed by atoms with Crippen molar-refractivity contribution in [2.24, 2.45) is 5.92 Å². The van der Waals surface area contributed by atoms with Crippen LogP contribution >= 0.6 is 0 Å². The van der Waals surface area contributed by atoms with Gasteiger partial charge in [-0.2, -0.15) is 0 Å². The van der Waals surface area contributed by atoms with E-state index in [-0.39, 0.29) is 42.9 Å². The molecule has 11 heteroatoms. The lowest BCUT2D eigenvalue weighted by Crippen LogP contribution is -2.45. The number of rotatable bonds is 11. The molecule has 11 nitrogen and oxygen atoms in total. The molecule has 1 saturated heterocycles. The van der Waals surface area contributed by atoms with Crippen LogP contribution in [0.5, 0.6) is 0 Å². The van der Waals surface area contributed by atoms with Crippen molar-refractivity contribution in [3.05, 3.63) is 11.9 Å². The van der Waals surface area contributed by atoms with Crippen LogP contribution in [0, 0.1) is 5.92 Å². The van der Waals surface area contributed by atoms with Crippen LogP contribution in [0.2, 0.25) is 0 Å². The summed E-state index contributed by atoms with van der Waals surface area (Å²) in [5, 5.41) is 28.8. The average molecular weight is 388 g/mol. The SMILES string of the molecule is CC(C)C(=O)[C@@H]1CC(N2C=C(CC(COO[O-])OO[O-])NN2)CN1C(C)C. The van der Waals surface area contributed by atoms with Crippen molar-refractivity contribution in [3.8, 4) is 0 Å². The molecule has 0 bridgehead atoms. The minimum atomic E-state index is -0.817. The predicted octanol–water partition coefficient (Wildman–Crippen LogP) is -1.57. The number of carbonyl (C=O) groups excluding carboxylic acids is 1. The Hall–Kier alpha value is -1.31. The van der Waals surface area contributed by atoms with Gasteiger partial charge in [0.25, 0.3) is 0 Å². The Morgan fingerprint density at radius 1 is 1.30 bits per heavy atom. The molecule has 2 N–H and O–H groups in total. The molecule has 156 valence electrons. The molecule has 1 fully saturated rings.